The predicted octanol–water partition coefficient (Wildman–Crippen LogP) is 8.40. The van der Waals surface area contributed by atoms with Gasteiger partial charge in [-0.3, -0.25) is 71.9 Å². The molecule has 4 aliphatic rings. The average Bonchev–Trinajstić information content (AvgIpc) is 1.65. The van der Waals surface area contributed by atoms with Crippen molar-refractivity contribution in [3.05, 3.63) is 263 Å². The van der Waals surface area contributed by atoms with Crippen molar-refractivity contribution in [1.82, 2.24) is 42.5 Å². The van der Waals surface area contributed by atoms with Crippen LogP contribution in [-0.2, 0) is 147 Å². The Morgan fingerprint density at radius 1 is 0.313 bits per heavy atom. The molecule has 16 atom stereocenters. The molecular weight excluding hydrogens is 1950 g/mol. The van der Waals surface area contributed by atoms with Gasteiger partial charge in [-0.25, -0.2) is 4.79 Å². The summed E-state index contributed by atoms with van der Waals surface area (Å²) in [5, 5.41) is 38.9. The van der Waals surface area contributed by atoms with Crippen molar-refractivity contribution in [3.8, 4) is 23.0 Å². The van der Waals surface area contributed by atoms with E-state index in [1.54, 1.807) is 139 Å². The minimum atomic E-state index is -5.15. The van der Waals surface area contributed by atoms with Crippen LogP contribution in [0.5, 0.6) is 23.0 Å². The number of methoxy groups -OCH3 is 5. The summed E-state index contributed by atoms with van der Waals surface area (Å²) in [7, 11) is 7.37. The van der Waals surface area contributed by atoms with Crippen LogP contribution in [0.25, 0.3) is 0 Å². The fourth-order valence-corrected chi connectivity index (χ4v) is 16.2. The Morgan fingerprint density at radius 2 is 0.540 bits per heavy atom. The minimum absolute atomic E-state index is 0.0571. The molecule has 0 aliphatic carbocycles. The van der Waals surface area contributed by atoms with Gasteiger partial charge in [0.15, 0.2) is 46.3 Å². The number of ether oxygens (including phenoxy) is 9. The Labute approximate surface area is 868 Å². The van der Waals surface area contributed by atoms with Gasteiger partial charge in [0.1, 0.15) is 58.1 Å². The molecule has 10 N–H and O–H groups in total. The van der Waals surface area contributed by atoms with E-state index >= 15 is 0 Å². The maximum atomic E-state index is 13.6. The number of halogens is 3. The first-order valence-corrected chi connectivity index (χ1v) is 49.0. The van der Waals surface area contributed by atoms with Gasteiger partial charge in [0.25, 0.3) is 0 Å². The average molecular weight is 2080 g/mol. The van der Waals surface area contributed by atoms with E-state index in [0.717, 1.165) is 45.9 Å². The number of hydrogen-bond acceptors (Lipinski definition) is 27. The number of alkyl carbamates (subject to hydrolysis) is 1. The van der Waals surface area contributed by atoms with E-state index in [-0.39, 0.29) is 112 Å². The highest BCUT2D eigenvalue weighted by Gasteiger charge is 2.54. The van der Waals surface area contributed by atoms with E-state index in [4.69, 9.17) is 43.0 Å². The second kappa shape index (κ2) is 56.2. The molecule has 4 aliphatic heterocycles. The van der Waals surface area contributed by atoms with Crippen molar-refractivity contribution in [2.75, 3.05) is 75.2 Å². The van der Waals surface area contributed by atoms with Crippen LogP contribution in [0.2, 0.25) is 0 Å². The lowest BCUT2D eigenvalue weighted by atomic mass is 9.89. The van der Waals surface area contributed by atoms with E-state index in [9.17, 15) is 95.0 Å². The van der Waals surface area contributed by atoms with Gasteiger partial charge in [-0.2, -0.15) is 13.2 Å². The SMILES string of the molecule is COC(=O)NC(C)C(=O)CC(Cc1ccc(OC)cc1)C(=O)NC(Cc1ccccc1)C(=O)C1(C)CO1.COc1ccc(CC(CC(=O)C(C)NC(=O)C(F)(F)F)C(=O)NC(Cc2ccccc2)C(=O)C2(C)CO2)cc1.COc1ccc(CC(CC(=O)C(C)NC(=O)CO)C(=O)NC(Cc2ccccc2)C(=O)C2(C)CO2)cc1.COc1ccc(CC(CC(=O)C(CO)NC(C)=O)C(=O)NC(Cc2ccccc2)C(=O)C2(C)CO2)cc1. The lowest BCUT2D eigenvalue weighted by Gasteiger charge is -2.24. The zero-order valence-corrected chi connectivity index (χ0v) is 86.2. The maximum absolute atomic E-state index is 13.6. The Balaban J connectivity index is 0.000000222. The number of Topliss-reactive ketones (excluding diaryl/α,β-unsaturated/α-hetero) is 8. The molecule has 0 radical (unpaired) electrons. The molecule has 38 heteroatoms. The van der Waals surface area contributed by atoms with Crippen molar-refractivity contribution >= 4 is 93.7 Å². The third-order valence-electron chi connectivity index (χ3n) is 25.9. The van der Waals surface area contributed by atoms with Gasteiger partial charge < -0.3 is 95.4 Å². The first-order chi connectivity index (χ1) is 71.3. The number of carbonyl (C=O) groups excluding carboxylic acids is 16. The normalized spacial score (nSPS) is 18.7. The number of hydrogen-bond donors (Lipinski definition) is 10. The Bertz CT molecular complexity index is 5740. The summed E-state index contributed by atoms with van der Waals surface area (Å²) in [6, 6.07) is 57.6. The lowest BCUT2D eigenvalue weighted by Crippen LogP contribution is -2.50. The number of aliphatic hydroxyl groups is 2. The van der Waals surface area contributed by atoms with E-state index in [1.807, 2.05) is 133 Å². The minimum Gasteiger partial charge on any atom is -0.497 e. The second-order valence-corrected chi connectivity index (χ2v) is 38.2. The number of aliphatic hydroxyl groups excluding tert-OH is 2. The molecule has 12 rings (SSSR count). The van der Waals surface area contributed by atoms with Crippen LogP contribution in [-0.4, -0.2) is 256 Å². The van der Waals surface area contributed by atoms with Crippen LogP contribution in [0.1, 0.15) is 126 Å². The number of ketones is 8. The molecule has 0 bridgehead atoms. The van der Waals surface area contributed by atoms with Crippen LogP contribution in [0.3, 0.4) is 0 Å². The zero-order chi connectivity index (χ0) is 110. The van der Waals surface area contributed by atoms with Crippen molar-refractivity contribution in [3.63, 3.8) is 0 Å². The molecule has 4 saturated heterocycles. The number of alkyl halides is 3. The van der Waals surface area contributed by atoms with Crippen molar-refractivity contribution in [2.45, 2.75) is 209 Å². The monoisotopic (exact) mass is 2080 g/mol. The third kappa shape index (κ3) is 37.6. The highest BCUT2D eigenvalue weighted by atomic mass is 19.4. The third-order valence-corrected chi connectivity index (χ3v) is 25.9. The van der Waals surface area contributed by atoms with Gasteiger partial charge in [-0.15, -0.1) is 0 Å². The van der Waals surface area contributed by atoms with Crippen LogP contribution < -0.4 is 61.5 Å². The summed E-state index contributed by atoms with van der Waals surface area (Å²) in [5.74, 6) is -9.14. The van der Waals surface area contributed by atoms with Crippen molar-refractivity contribution < 1.29 is 143 Å². The fourth-order valence-electron chi connectivity index (χ4n) is 16.2. The topological polar surface area (TPSA) is 506 Å². The van der Waals surface area contributed by atoms with E-state index in [0.29, 0.717) is 48.2 Å². The number of epoxide rings is 4. The first-order valence-electron chi connectivity index (χ1n) is 49.0. The van der Waals surface area contributed by atoms with Crippen LogP contribution in [0, 0.1) is 23.7 Å². The van der Waals surface area contributed by atoms with Gasteiger partial charge in [-0.05, 0) is 193 Å². The number of nitrogens with one attached hydrogen (secondary N) is 8. The molecule has 8 amide bonds. The molecule has 0 aromatic heterocycles. The number of carbonyl (C=O) groups is 16. The number of benzene rings is 8. The van der Waals surface area contributed by atoms with Crippen LogP contribution in [0.4, 0.5) is 18.0 Å². The molecule has 804 valence electrons. The van der Waals surface area contributed by atoms with E-state index < -0.39 is 179 Å². The molecule has 4 fully saturated rings. The fraction of sp³-hybridized carbons (Fsp3) is 0.429. The highest BCUT2D eigenvalue weighted by Crippen LogP contribution is 2.35. The van der Waals surface area contributed by atoms with Crippen LogP contribution >= 0.6 is 0 Å². The molecule has 4 heterocycles. The van der Waals surface area contributed by atoms with Gasteiger partial charge in [0.2, 0.25) is 35.4 Å². The molecule has 8 aromatic rings. The Kier molecular flexibility index (Phi) is 44.5. The predicted molar refractivity (Wildman–Crippen MR) is 543 cm³/mol. The highest BCUT2D eigenvalue weighted by molar-refractivity contribution is 6.02. The van der Waals surface area contributed by atoms with Crippen molar-refractivity contribution in [1.29, 1.82) is 0 Å². The molecule has 8 aromatic carbocycles. The number of amides is 8. The number of rotatable bonds is 54. The zero-order valence-electron chi connectivity index (χ0n) is 86.2. The molecule has 35 nitrogen and oxygen atoms in total. The molecule has 16 unspecified atom stereocenters. The molecular formula is C112H133F3N8O27. The Morgan fingerprint density at radius 3 is 0.747 bits per heavy atom. The molecule has 150 heavy (non-hydrogen) atoms. The van der Waals surface area contributed by atoms with Crippen molar-refractivity contribution in [2.24, 2.45) is 23.7 Å². The summed E-state index contributed by atoms with van der Waals surface area (Å²) in [4.78, 5) is 204. The van der Waals surface area contributed by atoms with Gasteiger partial charge in [-0.1, -0.05) is 170 Å². The summed E-state index contributed by atoms with van der Waals surface area (Å²) >= 11 is 0. The Hall–Kier alpha value is -14.6. The summed E-state index contributed by atoms with van der Waals surface area (Å²) in [6.45, 7) is 11.9. The lowest BCUT2D eigenvalue weighted by molar-refractivity contribution is -0.174. The smallest absolute Gasteiger partial charge is 0.471 e. The standard InChI is InChI=1S/C28H31F3N2O6.3C28H34N2O7/c1-17(32-26(37)28(29,30)31)23(34)15-20(13-19-9-11-21(38-3)12-10-19)25(36)33-22(24(35)27(2)16-39-27)14-18-7-5-4-6-8-18;1-18(29-27(34)36-4)24(31)16-21(14-20-10-12-22(35-3)13-11-20)26(33)30-23(25(32)28(2)17-37-28)15-19-8-6-5-7-9-19;1-18(32)29-24(16-31)25(33)15-21(13-20-9-11-22(36-3)12-10-20)27(35)30-23(26(34)28(2)17-37-28)14-19-7-5-4-6-8-19;1-18(29-25(33)16-31)24(32)15-21(13-20-9-11-22(36-3)12-10-20)27(35)30-23(26(34)28(2)17-37-28)14-19-7-5-4-6-8-19/h4-12,17,20,22H,13-16H2,1-3H3,(H,32,37)(H,33,36);5-13,18,21,23H,14-17H2,1-4H3,(H,29,34)(H,30,33);4-12,21,23-24,31H,13-17H2,1-3H3,(H,29,32)(H,30,35);4-12,18,21,23,31H,13-17H2,1-3H3,(H,29,33)(H,30,35). The maximum Gasteiger partial charge on any atom is 0.471 e. The second-order valence-electron chi connectivity index (χ2n) is 38.2. The largest absolute Gasteiger partial charge is 0.497 e. The van der Waals surface area contributed by atoms with Crippen LogP contribution in [0.15, 0.2) is 218 Å². The summed E-state index contributed by atoms with van der Waals surface area (Å²) in [6.07, 6.45) is -5.07. The van der Waals surface area contributed by atoms with E-state index in [1.165, 1.54) is 35.0 Å². The first kappa shape index (κ1) is 119. The molecule has 0 spiro atoms. The van der Waals surface area contributed by atoms with Gasteiger partial charge >= 0.3 is 18.2 Å². The summed E-state index contributed by atoms with van der Waals surface area (Å²) in [5.41, 5.74) is 2.71. The summed E-state index contributed by atoms with van der Waals surface area (Å²) < 4.78 is 84.7. The molecule has 0 saturated carbocycles. The van der Waals surface area contributed by atoms with E-state index in [2.05, 4.69) is 42.0 Å². The van der Waals surface area contributed by atoms with Gasteiger partial charge in [0, 0.05) is 56.3 Å². The quantitative estimate of drug-likeness (QED) is 0.0160. The van der Waals surface area contributed by atoms with Gasteiger partial charge in [0.05, 0.1) is 111 Å².